The molecule has 0 atom stereocenters. The monoisotopic (exact) mass is 215 g/mol. The zero-order chi connectivity index (χ0) is 11.7. The van der Waals surface area contributed by atoms with Crippen molar-refractivity contribution in [1.29, 1.82) is 0 Å². The van der Waals surface area contributed by atoms with E-state index in [0.717, 1.165) is 16.6 Å². The van der Waals surface area contributed by atoms with E-state index in [1.165, 1.54) is 0 Å². The smallest absolute Gasteiger partial charge is 0.160 e. The summed E-state index contributed by atoms with van der Waals surface area (Å²) in [6.07, 6.45) is 0. The Morgan fingerprint density at radius 2 is 2.00 bits per heavy atom. The number of nitrogens with zero attached hydrogens (tertiary/aromatic N) is 1. The normalized spacial score (nSPS) is 10.4. The molecule has 0 bridgehead atoms. The molecular formula is C13H13NO2. The highest BCUT2D eigenvalue weighted by atomic mass is 16.5. The number of hydrogen-bond donors (Lipinski definition) is 0. The molecule has 1 aromatic heterocycles. The van der Waals surface area contributed by atoms with Crippen LogP contribution in [0.4, 0.5) is 0 Å². The summed E-state index contributed by atoms with van der Waals surface area (Å²) in [6.45, 7) is 3.47. The van der Waals surface area contributed by atoms with Crippen molar-refractivity contribution in [3.63, 3.8) is 0 Å². The number of fused-ring (bicyclic) bond motifs is 1. The second-order valence-corrected chi connectivity index (χ2v) is 3.72. The van der Waals surface area contributed by atoms with Crippen LogP contribution in [0.15, 0.2) is 24.3 Å². The third-order valence-corrected chi connectivity index (χ3v) is 2.56. The average Bonchev–Trinajstić information content (AvgIpc) is 2.27. The summed E-state index contributed by atoms with van der Waals surface area (Å²) in [5.41, 5.74) is 2.34. The number of benzene rings is 1. The van der Waals surface area contributed by atoms with Gasteiger partial charge < -0.3 is 4.74 Å². The number of Topliss-reactive ketones (excluding diaryl/α,β-unsaturated/α-hetero) is 1. The van der Waals surface area contributed by atoms with Gasteiger partial charge in [0.2, 0.25) is 0 Å². The number of carbonyl (C=O) groups is 1. The predicted molar refractivity (Wildman–Crippen MR) is 63.0 cm³/mol. The zero-order valence-electron chi connectivity index (χ0n) is 9.57. The van der Waals surface area contributed by atoms with E-state index in [9.17, 15) is 4.79 Å². The van der Waals surface area contributed by atoms with Gasteiger partial charge in [0.15, 0.2) is 5.78 Å². The second-order valence-electron chi connectivity index (χ2n) is 3.72. The quantitative estimate of drug-likeness (QED) is 0.723. The summed E-state index contributed by atoms with van der Waals surface area (Å²) in [5.74, 6) is 0.738. The molecule has 0 aliphatic carbocycles. The largest absolute Gasteiger partial charge is 0.494 e. The van der Waals surface area contributed by atoms with Crippen LogP contribution >= 0.6 is 0 Å². The van der Waals surface area contributed by atoms with Gasteiger partial charge in [-0.2, -0.15) is 0 Å². The lowest BCUT2D eigenvalue weighted by molar-refractivity contribution is 0.101. The molecule has 82 valence electrons. The first-order valence-electron chi connectivity index (χ1n) is 5.09. The lowest BCUT2D eigenvalue weighted by Crippen LogP contribution is -1.97. The van der Waals surface area contributed by atoms with Crippen LogP contribution < -0.4 is 4.74 Å². The molecule has 0 N–H and O–H groups in total. The van der Waals surface area contributed by atoms with E-state index in [-0.39, 0.29) is 5.78 Å². The van der Waals surface area contributed by atoms with Gasteiger partial charge in [-0.25, -0.2) is 4.98 Å². The molecule has 0 aliphatic rings. The Balaban J connectivity index is 2.85. The van der Waals surface area contributed by atoms with Crippen LogP contribution in [0.1, 0.15) is 23.0 Å². The van der Waals surface area contributed by atoms with E-state index in [0.29, 0.717) is 11.3 Å². The Labute approximate surface area is 94.1 Å². The van der Waals surface area contributed by atoms with E-state index < -0.39 is 0 Å². The Morgan fingerprint density at radius 1 is 1.25 bits per heavy atom. The van der Waals surface area contributed by atoms with Crippen molar-refractivity contribution in [3.05, 3.63) is 35.5 Å². The van der Waals surface area contributed by atoms with E-state index in [4.69, 9.17) is 4.74 Å². The van der Waals surface area contributed by atoms with Crippen LogP contribution in [0.3, 0.4) is 0 Å². The molecule has 0 spiro atoms. The van der Waals surface area contributed by atoms with E-state index >= 15 is 0 Å². The lowest BCUT2D eigenvalue weighted by Gasteiger charge is -2.08. The molecule has 0 amide bonds. The van der Waals surface area contributed by atoms with E-state index in [1.807, 2.05) is 19.1 Å². The van der Waals surface area contributed by atoms with Gasteiger partial charge in [0, 0.05) is 16.6 Å². The van der Waals surface area contributed by atoms with Crippen molar-refractivity contribution >= 4 is 16.7 Å². The van der Waals surface area contributed by atoms with Gasteiger partial charge >= 0.3 is 0 Å². The molecular weight excluding hydrogens is 202 g/mol. The lowest BCUT2D eigenvalue weighted by atomic mass is 10.0. The fourth-order valence-electron chi connectivity index (χ4n) is 1.76. The summed E-state index contributed by atoms with van der Waals surface area (Å²) in [7, 11) is 1.60. The van der Waals surface area contributed by atoms with Crippen molar-refractivity contribution in [2.45, 2.75) is 13.8 Å². The third-order valence-electron chi connectivity index (χ3n) is 2.56. The predicted octanol–water partition coefficient (Wildman–Crippen LogP) is 2.75. The highest BCUT2D eigenvalue weighted by Gasteiger charge is 2.10. The Morgan fingerprint density at radius 3 is 2.62 bits per heavy atom. The Kier molecular flexibility index (Phi) is 2.60. The van der Waals surface area contributed by atoms with Crippen molar-refractivity contribution in [3.8, 4) is 5.75 Å². The molecule has 16 heavy (non-hydrogen) atoms. The first kappa shape index (κ1) is 10.6. The number of aryl methyl sites for hydroxylation is 1. The summed E-state index contributed by atoms with van der Waals surface area (Å²) in [5, 5.41) is 0.845. The number of carbonyl (C=O) groups excluding carboxylic acids is 1. The molecule has 3 nitrogen and oxygen atoms in total. The number of hydrogen-bond acceptors (Lipinski definition) is 3. The summed E-state index contributed by atoms with van der Waals surface area (Å²) >= 11 is 0. The number of ketones is 1. The van der Waals surface area contributed by atoms with Gasteiger partial charge in [-0.15, -0.1) is 0 Å². The van der Waals surface area contributed by atoms with Gasteiger partial charge in [-0.3, -0.25) is 4.79 Å². The molecule has 0 unspecified atom stereocenters. The van der Waals surface area contributed by atoms with Crippen molar-refractivity contribution in [2.24, 2.45) is 0 Å². The minimum Gasteiger partial charge on any atom is -0.494 e. The number of rotatable bonds is 2. The van der Waals surface area contributed by atoms with Crippen molar-refractivity contribution < 1.29 is 9.53 Å². The van der Waals surface area contributed by atoms with Crippen LogP contribution in [0.25, 0.3) is 10.9 Å². The fourth-order valence-corrected chi connectivity index (χ4v) is 1.76. The van der Waals surface area contributed by atoms with Gasteiger partial charge in [0.1, 0.15) is 11.3 Å². The third kappa shape index (κ3) is 1.65. The number of ether oxygens (including phenoxy) is 1. The van der Waals surface area contributed by atoms with E-state index in [1.54, 1.807) is 26.2 Å². The first-order valence-corrected chi connectivity index (χ1v) is 5.09. The number of methoxy groups -OCH3 is 1. The van der Waals surface area contributed by atoms with Crippen LogP contribution in [0.5, 0.6) is 5.75 Å². The SMILES string of the molecule is COc1ccc(C(C)=O)c2ccc(C)nc12. The highest BCUT2D eigenvalue weighted by Crippen LogP contribution is 2.27. The van der Waals surface area contributed by atoms with Crippen LogP contribution in [-0.4, -0.2) is 17.9 Å². The highest BCUT2D eigenvalue weighted by molar-refractivity contribution is 6.07. The molecule has 3 heteroatoms. The standard InChI is InChI=1S/C13H13NO2/c1-8-4-5-11-10(9(2)15)6-7-12(16-3)13(11)14-8/h4-7H,1-3H3. The minimum absolute atomic E-state index is 0.0401. The first-order chi connectivity index (χ1) is 7.63. The zero-order valence-corrected chi connectivity index (χ0v) is 9.57. The maximum absolute atomic E-state index is 11.5. The summed E-state index contributed by atoms with van der Waals surface area (Å²) < 4.78 is 5.24. The maximum Gasteiger partial charge on any atom is 0.160 e. The molecule has 2 rings (SSSR count). The molecule has 1 aromatic carbocycles. The molecule has 0 aliphatic heterocycles. The van der Waals surface area contributed by atoms with Gasteiger partial charge in [-0.1, -0.05) is 6.07 Å². The molecule has 0 saturated heterocycles. The molecule has 0 radical (unpaired) electrons. The maximum atomic E-state index is 11.5. The Bertz CT molecular complexity index is 561. The van der Waals surface area contributed by atoms with Gasteiger partial charge in [0.25, 0.3) is 0 Å². The second kappa shape index (κ2) is 3.93. The molecule has 0 saturated carbocycles. The van der Waals surface area contributed by atoms with Crippen LogP contribution in [0.2, 0.25) is 0 Å². The number of aromatic nitrogens is 1. The van der Waals surface area contributed by atoms with Crippen molar-refractivity contribution in [2.75, 3.05) is 7.11 Å². The molecule has 0 fully saturated rings. The summed E-state index contributed by atoms with van der Waals surface area (Å²) in [6, 6.07) is 7.37. The molecule has 2 aromatic rings. The van der Waals surface area contributed by atoms with Gasteiger partial charge in [0.05, 0.1) is 7.11 Å². The molecule has 1 heterocycles. The summed E-state index contributed by atoms with van der Waals surface area (Å²) in [4.78, 5) is 15.9. The fraction of sp³-hybridized carbons (Fsp3) is 0.231. The van der Waals surface area contributed by atoms with Crippen LogP contribution in [-0.2, 0) is 0 Å². The van der Waals surface area contributed by atoms with Crippen molar-refractivity contribution in [1.82, 2.24) is 4.98 Å². The topological polar surface area (TPSA) is 39.2 Å². The van der Waals surface area contributed by atoms with Gasteiger partial charge in [-0.05, 0) is 32.0 Å². The van der Waals surface area contributed by atoms with E-state index in [2.05, 4.69) is 4.98 Å². The average molecular weight is 215 g/mol. The van der Waals surface area contributed by atoms with Crippen LogP contribution in [0, 0.1) is 6.92 Å². The Hall–Kier alpha value is -1.90. The minimum atomic E-state index is 0.0401. The number of pyridine rings is 1.